The summed E-state index contributed by atoms with van der Waals surface area (Å²) in [6.45, 7) is 10.7. The Morgan fingerprint density at radius 2 is 1.89 bits per heavy atom. The smallest absolute Gasteiger partial charge is 0.226 e. The summed E-state index contributed by atoms with van der Waals surface area (Å²) in [6.07, 6.45) is 5.18. The summed E-state index contributed by atoms with van der Waals surface area (Å²) in [7, 11) is 0. The van der Waals surface area contributed by atoms with Gasteiger partial charge >= 0.3 is 0 Å². The minimum absolute atomic E-state index is 0.116. The summed E-state index contributed by atoms with van der Waals surface area (Å²) in [4.78, 5) is 12.5. The number of hydrogen-bond donors (Lipinski definition) is 2. The zero-order valence-corrected chi connectivity index (χ0v) is 12.5. The lowest BCUT2D eigenvalue weighted by Crippen LogP contribution is -2.49. The van der Waals surface area contributed by atoms with Gasteiger partial charge in [-0.1, -0.05) is 27.2 Å². The first-order valence-corrected chi connectivity index (χ1v) is 7.55. The minimum atomic E-state index is -0.116. The Labute approximate surface area is 112 Å². The molecule has 1 saturated heterocycles. The number of amides is 1. The number of piperidine rings is 1. The highest BCUT2D eigenvalue weighted by Gasteiger charge is 2.38. The summed E-state index contributed by atoms with van der Waals surface area (Å²) in [5.74, 6) is 0.966. The van der Waals surface area contributed by atoms with Crippen molar-refractivity contribution in [3.63, 3.8) is 0 Å². The number of hydrogen-bond acceptors (Lipinski definition) is 2. The number of carbonyl (C=O) groups is 1. The molecule has 106 valence electrons. The number of rotatable bonds is 6. The third-order valence-electron chi connectivity index (χ3n) is 4.55. The van der Waals surface area contributed by atoms with E-state index in [1.165, 1.54) is 6.42 Å². The molecule has 1 heterocycles. The molecule has 0 aliphatic carbocycles. The summed E-state index contributed by atoms with van der Waals surface area (Å²) < 4.78 is 0. The van der Waals surface area contributed by atoms with Crippen molar-refractivity contribution >= 4 is 5.91 Å². The molecule has 1 fully saturated rings. The molecule has 2 unspecified atom stereocenters. The second-order valence-electron chi connectivity index (χ2n) is 6.01. The first kappa shape index (κ1) is 15.5. The fourth-order valence-corrected chi connectivity index (χ4v) is 2.85. The SMILES string of the molecule is CCC(C)CC(C)NC(=O)C1(CC)CCNCC1. The number of nitrogens with one attached hydrogen (secondary N) is 2. The van der Waals surface area contributed by atoms with Crippen LogP contribution in [-0.2, 0) is 4.79 Å². The van der Waals surface area contributed by atoms with Gasteiger partial charge in [0.05, 0.1) is 5.41 Å². The van der Waals surface area contributed by atoms with Crippen LogP contribution in [0.1, 0.15) is 59.8 Å². The van der Waals surface area contributed by atoms with E-state index in [-0.39, 0.29) is 11.3 Å². The molecule has 2 atom stereocenters. The second-order valence-corrected chi connectivity index (χ2v) is 6.01. The first-order valence-electron chi connectivity index (χ1n) is 7.55. The molecule has 1 amide bonds. The molecule has 2 N–H and O–H groups in total. The Morgan fingerprint density at radius 3 is 2.39 bits per heavy atom. The van der Waals surface area contributed by atoms with Crippen molar-refractivity contribution < 1.29 is 4.79 Å². The maximum absolute atomic E-state index is 12.5. The van der Waals surface area contributed by atoms with Gasteiger partial charge in [0, 0.05) is 6.04 Å². The lowest BCUT2D eigenvalue weighted by atomic mass is 9.75. The lowest BCUT2D eigenvalue weighted by molar-refractivity contribution is -0.133. The average molecular weight is 254 g/mol. The average Bonchev–Trinajstić information content (AvgIpc) is 2.39. The van der Waals surface area contributed by atoms with E-state index >= 15 is 0 Å². The predicted molar refractivity (Wildman–Crippen MR) is 76.5 cm³/mol. The van der Waals surface area contributed by atoms with Crippen molar-refractivity contribution in [2.45, 2.75) is 65.8 Å². The second kappa shape index (κ2) is 7.13. The van der Waals surface area contributed by atoms with E-state index in [2.05, 4.69) is 38.3 Å². The minimum Gasteiger partial charge on any atom is -0.353 e. The summed E-state index contributed by atoms with van der Waals surface area (Å²) in [5.41, 5.74) is -0.116. The quantitative estimate of drug-likeness (QED) is 0.765. The van der Waals surface area contributed by atoms with Gasteiger partial charge in [-0.2, -0.15) is 0 Å². The van der Waals surface area contributed by atoms with Crippen LogP contribution >= 0.6 is 0 Å². The Hall–Kier alpha value is -0.570. The lowest BCUT2D eigenvalue weighted by Gasteiger charge is -2.36. The van der Waals surface area contributed by atoms with E-state index in [9.17, 15) is 4.79 Å². The van der Waals surface area contributed by atoms with E-state index in [0.717, 1.165) is 38.8 Å². The summed E-state index contributed by atoms with van der Waals surface area (Å²) >= 11 is 0. The van der Waals surface area contributed by atoms with E-state index in [1.54, 1.807) is 0 Å². The highest BCUT2D eigenvalue weighted by molar-refractivity contribution is 5.83. The Bertz CT molecular complexity index is 259. The van der Waals surface area contributed by atoms with Crippen molar-refractivity contribution in [3.05, 3.63) is 0 Å². The van der Waals surface area contributed by atoms with Crippen molar-refractivity contribution in [2.24, 2.45) is 11.3 Å². The molecule has 0 bridgehead atoms. The van der Waals surface area contributed by atoms with Gasteiger partial charge in [0.15, 0.2) is 0 Å². The highest BCUT2D eigenvalue weighted by Crippen LogP contribution is 2.32. The molecule has 0 aromatic heterocycles. The van der Waals surface area contributed by atoms with E-state index in [0.29, 0.717) is 12.0 Å². The van der Waals surface area contributed by atoms with Crippen LogP contribution < -0.4 is 10.6 Å². The Morgan fingerprint density at radius 1 is 1.28 bits per heavy atom. The third kappa shape index (κ3) is 3.98. The predicted octanol–water partition coefficient (Wildman–Crippen LogP) is 2.71. The zero-order valence-electron chi connectivity index (χ0n) is 12.5. The van der Waals surface area contributed by atoms with Crippen LogP contribution in [0.25, 0.3) is 0 Å². The zero-order chi connectivity index (χ0) is 13.6. The maximum Gasteiger partial charge on any atom is 0.226 e. The molecule has 0 saturated carbocycles. The fourth-order valence-electron chi connectivity index (χ4n) is 2.85. The Balaban J connectivity index is 2.51. The number of carbonyl (C=O) groups excluding carboxylic acids is 1. The summed E-state index contributed by atoms with van der Waals surface area (Å²) in [5, 5.41) is 6.58. The molecule has 1 aliphatic rings. The summed E-state index contributed by atoms with van der Waals surface area (Å²) in [6, 6.07) is 0.297. The normalized spacial score (nSPS) is 22.2. The molecule has 0 radical (unpaired) electrons. The van der Waals surface area contributed by atoms with Crippen molar-refractivity contribution in [1.29, 1.82) is 0 Å². The molecule has 1 rings (SSSR count). The molecule has 0 aromatic rings. The molecule has 0 spiro atoms. The van der Waals surface area contributed by atoms with E-state index in [4.69, 9.17) is 0 Å². The van der Waals surface area contributed by atoms with Gasteiger partial charge in [0.25, 0.3) is 0 Å². The van der Waals surface area contributed by atoms with Crippen LogP contribution in [-0.4, -0.2) is 25.0 Å². The maximum atomic E-state index is 12.5. The monoisotopic (exact) mass is 254 g/mol. The van der Waals surface area contributed by atoms with Gasteiger partial charge in [-0.15, -0.1) is 0 Å². The molecular weight excluding hydrogens is 224 g/mol. The fraction of sp³-hybridized carbons (Fsp3) is 0.933. The van der Waals surface area contributed by atoms with Crippen molar-refractivity contribution in [1.82, 2.24) is 10.6 Å². The van der Waals surface area contributed by atoms with Gasteiger partial charge in [-0.25, -0.2) is 0 Å². The highest BCUT2D eigenvalue weighted by atomic mass is 16.2. The topological polar surface area (TPSA) is 41.1 Å². The van der Waals surface area contributed by atoms with Crippen LogP contribution in [0.5, 0.6) is 0 Å². The standard InChI is InChI=1S/C15H30N2O/c1-5-12(3)11-13(4)17-14(18)15(6-2)7-9-16-10-8-15/h12-13,16H,5-11H2,1-4H3,(H,17,18). The van der Waals surface area contributed by atoms with Crippen LogP contribution in [0, 0.1) is 11.3 Å². The van der Waals surface area contributed by atoms with Gasteiger partial charge in [0.1, 0.15) is 0 Å². The molecule has 18 heavy (non-hydrogen) atoms. The Kier molecular flexibility index (Phi) is 6.13. The molecule has 0 aromatic carbocycles. The molecule has 1 aliphatic heterocycles. The van der Waals surface area contributed by atoms with Crippen molar-refractivity contribution in [3.8, 4) is 0 Å². The van der Waals surface area contributed by atoms with E-state index < -0.39 is 0 Å². The largest absolute Gasteiger partial charge is 0.353 e. The molecule has 3 heteroatoms. The van der Waals surface area contributed by atoms with Crippen LogP contribution in [0.15, 0.2) is 0 Å². The molecule has 3 nitrogen and oxygen atoms in total. The molecular formula is C15H30N2O. The van der Waals surface area contributed by atoms with Gasteiger partial charge in [-0.3, -0.25) is 4.79 Å². The van der Waals surface area contributed by atoms with Crippen LogP contribution in [0.4, 0.5) is 0 Å². The first-order chi connectivity index (χ1) is 8.54. The van der Waals surface area contributed by atoms with Gasteiger partial charge in [-0.05, 0) is 51.6 Å². The van der Waals surface area contributed by atoms with Crippen LogP contribution in [0.2, 0.25) is 0 Å². The van der Waals surface area contributed by atoms with Gasteiger partial charge in [0.2, 0.25) is 5.91 Å². The van der Waals surface area contributed by atoms with Gasteiger partial charge < -0.3 is 10.6 Å². The van der Waals surface area contributed by atoms with E-state index in [1.807, 2.05) is 0 Å². The third-order valence-corrected chi connectivity index (χ3v) is 4.55. The van der Waals surface area contributed by atoms with Crippen molar-refractivity contribution in [2.75, 3.05) is 13.1 Å². The van der Waals surface area contributed by atoms with Crippen LogP contribution in [0.3, 0.4) is 0 Å².